The monoisotopic (exact) mass is 522 g/mol. The molecule has 8 heteroatoms. The lowest BCUT2D eigenvalue weighted by molar-refractivity contribution is 0.472. The third-order valence-electron chi connectivity index (χ3n) is 6.56. The number of benzene rings is 2. The third-order valence-corrected chi connectivity index (χ3v) is 7.52. The Kier molecular flexibility index (Phi) is 6.21. The van der Waals surface area contributed by atoms with Crippen molar-refractivity contribution in [3.8, 4) is 11.4 Å². The van der Waals surface area contributed by atoms with E-state index in [1.807, 2.05) is 42.2 Å². The van der Waals surface area contributed by atoms with Crippen molar-refractivity contribution in [2.45, 2.75) is 32.9 Å². The third kappa shape index (κ3) is 4.05. The van der Waals surface area contributed by atoms with Gasteiger partial charge in [-0.15, -0.1) is 0 Å². The first-order valence-corrected chi connectivity index (χ1v) is 12.4. The van der Waals surface area contributed by atoms with E-state index in [0.29, 0.717) is 15.8 Å². The van der Waals surface area contributed by atoms with Crippen LogP contribution in [0.5, 0.6) is 5.75 Å². The smallest absolute Gasteiger partial charge is 0.174 e. The summed E-state index contributed by atoms with van der Waals surface area (Å²) in [4.78, 5) is 6.56. The fraction of sp³-hybridized carbons (Fsp3) is 0.185. The maximum absolute atomic E-state index is 10.8. The van der Waals surface area contributed by atoms with Gasteiger partial charge in [0.1, 0.15) is 5.75 Å². The number of anilines is 1. The lowest BCUT2D eigenvalue weighted by atomic mass is 9.96. The molecule has 1 aliphatic heterocycles. The van der Waals surface area contributed by atoms with E-state index in [2.05, 4.69) is 40.8 Å². The number of aromatic nitrogens is 2. The first-order valence-electron chi connectivity index (χ1n) is 11.2. The normalized spacial score (nSPS) is 17.6. The molecule has 3 heterocycles. The number of pyridine rings is 1. The topological polar surface area (TPSA) is 53.3 Å². The summed E-state index contributed by atoms with van der Waals surface area (Å²) >= 11 is 18.6. The Bertz CT molecular complexity index is 1440. The molecular weight excluding hydrogens is 499 g/mol. The van der Waals surface area contributed by atoms with Gasteiger partial charge in [-0.3, -0.25) is 4.98 Å². The summed E-state index contributed by atoms with van der Waals surface area (Å²) in [5.74, 6) is 0.102. The molecule has 4 aromatic rings. The van der Waals surface area contributed by atoms with Crippen LogP contribution in [0.4, 0.5) is 5.69 Å². The SMILES string of the molecule is Cc1c(Cl)cccc1-n1c(C)cc([C@@H]2[C@@H](c3ccccn3)NC(=S)N2c2cc(Cl)ccc2O)c1C. The summed E-state index contributed by atoms with van der Waals surface area (Å²) < 4.78 is 2.21. The lowest BCUT2D eigenvalue weighted by Gasteiger charge is -2.29. The summed E-state index contributed by atoms with van der Waals surface area (Å²) in [6, 6.07) is 18.4. The summed E-state index contributed by atoms with van der Waals surface area (Å²) in [5, 5.41) is 16.0. The van der Waals surface area contributed by atoms with Crippen LogP contribution in [-0.2, 0) is 0 Å². The molecule has 0 aliphatic carbocycles. The number of phenols is 1. The van der Waals surface area contributed by atoms with E-state index in [9.17, 15) is 5.11 Å². The predicted molar refractivity (Wildman–Crippen MR) is 146 cm³/mol. The van der Waals surface area contributed by atoms with Crippen molar-refractivity contribution in [3.63, 3.8) is 0 Å². The quantitative estimate of drug-likeness (QED) is 0.283. The number of thiocarbonyl (C=S) groups is 1. The highest BCUT2D eigenvalue weighted by Gasteiger charge is 2.43. The van der Waals surface area contributed by atoms with E-state index in [1.54, 1.807) is 24.4 Å². The van der Waals surface area contributed by atoms with Gasteiger partial charge in [-0.25, -0.2) is 0 Å². The molecule has 0 amide bonds. The van der Waals surface area contributed by atoms with Crippen LogP contribution in [-0.4, -0.2) is 19.8 Å². The van der Waals surface area contributed by atoms with Crippen LogP contribution >= 0.6 is 35.4 Å². The standard InChI is InChI=1S/C27H24Cl2N4OS/c1-15-13-19(17(3)32(15)22-9-6-7-20(29)16(22)2)26-25(21-8-4-5-12-30-21)31-27(35)33(26)23-14-18(28)10-11-24(23)34/h4-14,25-26,34H,1-3H3,(H,31,35)/t25-,26-/m1/s1. The Hall–Kier alpha value is -3.06. The van der Waals surface area contributed by atoms with Gasteiger partial charge in [0.2, 0.25) is 0 Å². The lowest BCUT2D eigenvalue weighted by Crippen LogP contribution is -2.29. The Morgan fingerprint density at radius 2 is 1.77 bits per heavy atom. The molecule has 5 rings (SSSR count). The Morgan fingerprint density at radius 3 is 2.51 bits per heavy atom. The van der Waals surface area contributed by atoms with Crippen LogP contribution in [0, 0.1) is 20.8 Å². The van der Waals surface area contributed by atoms with Crippen LogP contribution in [0.25, 0.3) is 5.69 Å². The molecule has 178 valence electrons. The Morgan fingerprint density at radius 1 is 0.971 bits per heavy atom. The van der Waals surface area contributed by atoms with Crippen molar-refractivity contribution >= 4 is 46.2 Å². The molecular formula is C27H24Cl2N4OS. The van der Waals surface area contributed by atoms with Gasteiger partial charge in [0.15, 0.2) is 5.11 Å². The van der Waals surface area contributed by atoms with Gasteiger partial charge in [-0.1, -0.05) is 35.3 Å². The minimum absolute atomic E-state index is 0.102. The molecule has 35 heavy (non-hydrogen) atoms. The van der Waals surface area contributed by atoms with Crippen molar-refractivity contribution in [3.05, 3.63) is 105 Å². The molecule has 0 saturated carbocycles. The van der Waals surface area contributed by atoms with Crippen molar-refractivity contribution in [2.24, 2.45) is 0 Å². The Balaban J connectivity index is 1.73. The van der Waals surface area contributed by atoms with Gasteiger partial charge < -0.3 is 19.9 Å². The summed E-state index contributed by atoms with van der Waals surface area (Å²) in [6.07, 6.45) is 1.77. The zero-order chi connectivity index (χ0) is 24.9. The molecule has 0 spiro atoms. The average molecular weight is 523 g/mol. The second kappa shape index (κ2) is 9.19. The average Bonchev–Trinajstić information content (AvgIpc) is 3.33. The number of rotatable bonds is 4. The number of phenolic OH excluding ortho intramolecular Hbond substituents is 1. The highest BCUT2D eigenvalue weighted by molar-refractivity contribution is 7.80. The zero-order valence-corrected chi connectivity index (χ0v) is 21.8. The molecule has 0 unspecified atom stereocenters. The van der Waals surface area contributed by atoms with Gasteiger partial charge in [0, 0.05) is 33.3 Å². The number of aryl methyl sites for hydroxylation is 1. The van der Waals surface area contributed by atoms with Crippen LogP contribution < -0.4 is 10.2 Å². The van der Waals surface area contributed by atoms with Crippen molar-refractivity contribution in [1.82, 2.24) is 14.9 Å². The highest BCUT2D eigenvalue weighted by atomic mass is 35.5. The van der Waals surface area contributed by atoms with E-state index < -0.39 is 0 Å². The van der Waals surface area contributed by atoms with Crippen LogP contribution in [0.15, 0.2) is 66.9 Å². The number of hydrogen-bond acceptors (Lipinski definition) is 3. The van der Waals surface area contributed by atoms with Gasteiger partial charge in [0.25, 0.3) is 0 Å². The maximum atomic E-state index is 10.8. The fourth-order valence-corrected chi connectivity index (χ4v) is 5.59. The second-order valence-corrected chi connectivity index (χ2v) is 9.91. The van der Waals surface area contributed by atoms with Gasteiger partial charge in [-0.2, -0.15) is 0 Å². The molecule has 1 saturated heterocycles. The summed E-state index contributed by atoms with van der Waals surface area (Å²) in [7, 11) is 0. The highest BCUT2D eigenvalue weighted by Crippen LogP contribution is 2.46. The summed E-state index contributed by atoms with van der Waals surface area (Å²) in [6.45, 7) is 6.19. The molecule has 2 aromatic carbocycles. The minimum Gasteiger partial charge on any atom is -0.506 e. The van der Waals surface area contributed by atoms with Gasteiger partial charge in [-0.05, 0) is 92.6 Å². The zero-order valence-electron chi connectivity index (χ0n) is 19.5. The second-order valence-electron chi connectivity index (χ2n) is 8.68. The molecule has 2 atom stereocenters. The first-order chi connectivity index (χ1) is 16.8. The minimum atomic E-state index is -0.277. The van der Waals surface area contributed by atoms with Gasteiger partial charge >= 0.3 is 0 Å². The predicted octanol–water partition coefficient (Wildman–Crippen LogP) is 6.99. The van der Waals surface area contributed by atoms with Crippen molar-refractivity contribution < 1.29 is 5.11 Å². The largest absolute Gasteiger partial charge is 0.506 e. The summed E-state index contributed by atoms with van der Waals surface area (Å²) in [5.41, 5.74) is 6.61. The van der Waals surface area contributed by atoms with E-state index in [1.165, 1.54) is 0 Å². The molecule has 0 bridgehead atoms. The van der Waals surface area contributed by atoms with Crippen molar-refractivity contribution in [2.75, 3.05) is 4.90 Å². The molecule has 1 aliphatic rings. The number of halogens is 2. The molecule has 2 N–H and O–H groups in total. The fourth-order valence-electron chi connectivity index (χ4n) is 4.92. The molecule has 1 fully saturated rings. The van der Waals surface area contributed by atoms with Crippen molar-refractivity contribution in [1.29, 1.82) is 0 Å². The van der Waals surface area contributed by atoms with E-state index in [4.69, 9.17) is 35.4 Å². The van der Waals surface area contributed by atoms with E-state index >= 15 is 0 Å². The molecule has 0 radical (unpaired) electrons. The Labute approximate surface area is 219 Å². The first kappa shape index (κ1) is 23.7. The van der Waals surface area contributed by atoms with Crippen LogP contribution in [0.2, 0.25) is 10.0 Å². The molecule has 2 aromatic heterocycles. The van der Waals surface area contributed by atoms with Crippen LogP contribution in [0.3, 0.4) is 0 Å². The number of nitrogens with one attached hydrogen (secondary N) is 1. The maximum Gasteiger partial charge on any atom is 0.174 e. The number of nitrogens with zero attached hydrogens (tertiary/aromatic N) is 3. The van der Waals surface area contributed by atoms with Crippen LogP contribution in [0.1, 0.15) is 40.3 Å². The number of aromatic hydroxyl groups is 1. The number of hydrogen-bond donors (Lipinski definition) is 2. The van der Waals surface area contributed by atoms with Gasteiger partial charge in [0.05, 0.1) is 23.5 Å². The van der Waals surface area contributed by atoms with E-state index in [-0.39, 0.29) is 17.8 Å². The molecule has 5 nitrogen and oxygen atoms in total. The van der Waals surface area contributed by atoms with E-state index in [0.717, 1.165) is 38.9 Å².